The Morgan fingerprint density at radius 3 is 1.49 bits per heavy atom. The summed E-state index contributed by atoms with van der Waals surface area (Å²) in [5.41, 5.74) is 15.1. The molecule has 0 N–H and O–H groups in total. The van der Waals surface area contributed by atoms with Crippen LogP contribution in [0.25, 0.3) is 6.08 Å². The van der Waals surface area contributed by atoms with Crippen molar-refractivity contribution in [2.45, 2.75) is 71.1 Å². The van der Waals surface area contributed by atoms with Crippen molar-refractivity contribution < 1.29 is 69.5 Å². The van der Waals surface area contributed by atoms with Gasteiger partial charge in [-0.15, -0.1) is 0 Å². The molecule has 3 aliphatic rings. The van der Waals surface area contributed by atoms with Crippen molar-refractivity contribution in [2.75, 3.05) is 26.0 Å². The molecule has 75 heavy (non-hydrogen) atoms. The van der Waals surface area contributed by atoms with Crippen LogP contribution in [0.2, 0.25) is 0 Å². The van der Waals surface area contributed by atoms with Crippen molar-refractivity contribution in [1.29, 1.82) is 0 Å². The van der Waals surface area contributed by atoms with Crippen molar-refractivity contribution in [2.24, 2.45) is 0 Å². The predicted molar refractivity (Wildman–Crippen MR) is 388 cm³/mol. The maximum absolute atomic E-state index is 2.52. The Morgan fingerprint density at radius 1 is 0.493 bits per heavy atom. The largest absolute Gasteiger partial charge is 1.00 e. The van der Waals surface area contributed by atoms with E-state index in [-0.39, 0.29) is 76.6 Å². The summed E-state index contributed by atoms with van der Waals surface area (Å²) in [4.78, 5) is 2.35. The van der Waals surface area contributed by atoms with E-state index in [2.05, 4.69) is 421 Å². The van der Waals surface area contributed by atoms with Crippen LogP contribution < -0.4 is 65.3 Å². The monoisotopic (exact) mass is 2250 g/mol. The molecule has 0 amide bonds. The molecule has 0 radical (unpaired) electrons. The first-order valence-corrected chi connectivity index (χ1v) is 32.9. The van der Waals surface area contributed by atoms with Crippen LogP contribution in [0.1, 0.15) is 76.3 Å². The molecular formula is C60H58ClI11N3-. The van der Waals surface area contributed by atoms with E-state index in [0.717, 1.165) is 6.42 Å². The van der Waals surface area contributed by atoms with Crippen LogP contribution in [0.4, 0.5) is 17.1 Å². The topological polar surface area (TPSA) is 9.26 Å². The van der Waals surface area contributed by atoms with E-state index in [9.17, 15) is 0 Å². The summed E-state index contributed by atoms with van der Waals surface area (Å²) in [7, 11) is 6.54. The lowest BCUT2D eigenvalue weighted by atomic mass is 9.81. The molecule has 5 aromatic rings. The summed E-state index contributed by atoms with van der Waals surface area (Å²) in [6.07, 6.45) is 28.7. The van der Waals surface area contributed by atoms with Gasteiger partial charge in [-0.3, -0.25) is 0 Å². The number of hydrogen-bond acceptors (Lipinski definition) is 1. The van der Waals surface area contributed by atoms with Crippen LogP contribution in [0.15, 0.2) is 157 Å². The van der Waals surface area contributed by atoms with E-state index < -0.39 is 0 Å². The van der Waals surface area contributed by atoms with Crippen LogP contribution in [0.3, 0.4) is 0 Å². The number of rotatable bonds is 9. The lowest BCUT2D eigenvalue weighted by Crippen LogP contribution is -3.00. The Labute approximate surface area is 611 Å². The molecule has 3 aliphatic heterocycles. The maximum Gasteiger partial charge on any atom is 0.211 e. The fourth-order valence-corrected chi connectivity index (χ4v) is 17.6. The molecule has 0 aliphatic carbocycles. The normalized spacial score (nSPS) is 16.4. The quantitative estimate of drug-likeness (QED) is 0.0619. The highest BCUT2D eigenvalue weighted by Crippen LogP contribution is 2.51. The van der Waals surface area contributed by atoms with Gasteiger partial charge >= 0.3 is 0 Å². The Balaban J connectivity index is 0.000000327. The minimum atomic E-state index is -0.0315. The molecule has 15 heteroatoms. The number of hydrogen-bond donors (Lipinski definition) is 0. The van der Waals surface area contributed by atoms with Gasteiger partial charge in [0.05, 0.1) is 22.0 Å². The standard InChI is InChI=1S/C29H27I6N2.C19H18.C12H13I3N.ClH.2HI/c1-28(2)20(36(5)18-14-16(30)24(32)26(34)22(18)28)12-10-8-7-9-11-13-21-29(3,4)23-19(37(21)6)15-17(31)25(33)27(23)35;1(2-6-12-18-14-8-4-9-15-18)3-7-13-19-16-10-5-11-17-19;1-6-12(2,3)9-8(16(6)4)5-7(13)10(14)11(9)15;;;/h7-15H,1-6H3;1-12,14-17H,13H2;5H,1-4H3;3*1H/q+1;;+1;;;/p-3/b;2-1+,7-3+,12-6+;;;;. The highest BCUT2D eigenvalue weighted by molar-refractivity contribution is 14.1. The lowest BCUT2D eigenvalue weighted by molar-refractivity contribution is -0.403. The molecule has 0 bridgehead atoms. The highest BCUT2D eigenvalue weighted by atomic mass is 127. The zero-order chi connectivity index (χ0) is 52.9. The zero-order valence-corrected chi connectivity index (χ0v) is 67.6. The molecule has 0 unspecified atom stereocenters. The molecule has 3 nitrogen and oxygen atoms in total. The van der Waals surface area contributed by atoms with E-state index >= 15 is 0 Å². The highest BCUT2D eigenvalue weighted by Gasteiger charge is 2.46. The van der Waals surface area contributed by atoms with Crippen molar-refractivity contribution in [3.05, 3.63) is 217 Å². The summed E-state index contributed by atoms with van der Waals surface area (Å²) in [6, 6.07) is 27.7. The van der Waals surface area contributed by atoms with Crippen LogP contribution in [0.5, 0.6) is 0 Å². The van der Waals surface area contributed by atoms with E-state index in [1.807, 2.05) is 24.3 Å². The summed E-state index contributed by atoms with van der Waals surface area (Å²) < 4.78 is 16.9. The molecule has 0 saturated heterocycles. The average Bonchev–Trinajstić information content (AvgIpc) is 3.74. The van der Waals surface area contributed by atoms with Gasteiger partial charge in [0, 0.05) is 86.7 Å². The van der Waals surface area contributed by atoms with E-state index in [4.69, 9.17) is 0 Å². The fraction of sp³-hybridized carbons (Fsp3) is 0.233. The first kappa shape index (κ1) is 71.0. The molecule has 0 atom stereocenters. The summed E-state index contributed by atoms with van der Waals surface area (Å²) in [5.74, 6) is 0. The molecule has 0 saturated carbocycles. The number of halogens is 12. The predicted octanol–water partition coefficient (Wildman–Crippen LogP) is 10.9. The second-order valence-corrected chi connectivity index (χ2v) is 29.1. The van der Waals surface area contributed by atoms with Crippen LogP contribution in [0, 0.1) is 32.1 Å². The molecule has 8 rings (SSSR count). The first-order chi connectivity index (χ1) is 34.0. The Kier molecular flexibility index (Phi) is 29.9. The Hall–Kier alpha value is 1.74. The van der Waals surface area contributed by atoms with Crippen molar-refractivity contribution in [1.82, 2.24) is 0 Å². The third-order valence-corrected chi connectivity index (χ3v) is 28.8. The van der Waals surface area contributed by atoms with Gasteiger partial charge in [-0.2, -0.15) is 4.58 Å². The van der Waals surface area contributed by atoms with E-state index in [1.54, 1.807) is 0 Å². The van der Waals surface area contributed by atoms with Crippen LogP contribution in [-0.4, -0.2) is 41.7 Å². The number of nitrogens with zero attached hydrogens (tertiary/aromatic N) is 3. The van der Waals surface area contributed by atoms with Gasteiger partial charge in [0.25, 0.3) is 0 Å². The summed E-state index contributed by atoms with van der Waals surface area (Å²) in [5, 5.41) is 0. The van der Waals surface area contributed by atoms with Gasteiger partial charge < -0.3 is 65.3 Å². The lowest BCUT2D eigenvalue weighted by Gasteiger charge is -2.24. The smallest absolute Gasteiger partial charge is 0.211 e. The van der Waals surface area contributed by atoms with Gasteiger partial charge in [0.15, 0.2) is 11.4 Å². The molecular weight excluding hydrogens is 2190 g/mol. The minimum absolute atomic E-state index is 0. The number of benzene rings is 5. The van der Waals surface area contributed by atoms with Gasteiger partial charge in [-0.25, -0.2) is 4.58 Å². The average molecular weight is 2250 g/mol. The zero-order valence-electron chi connectivity index (χ0n) is 43.1. The van der Waals surface area contributed by atoms with Crippen molar-refractivity contribution in [3.63, 3.8) is 0 Å². The maximum atomic E-state index is 2.52. The SMILES string of the molecule is C(=C\C=C\c1ccccc1)/C=C/Cc1ccccc1.CC1=[N+](C)c2cc(I)c(I)c(I)c2C1(C)C.CN1/C(=C/C=C/C=C/C=C/C2=[N+](C)c3cc(I)c(I)c(I)c3C2(C)C)C(C)(C)c2c1cc(I)c(I)c2I.[Cl-].[I-].[I-]. The number of likely N-dealkylation sites (N-methyl/N-ethyl adjacent to an activating group) is 1. The molecule has 3 heterocycles. The van der Waals surface area contributed by atoms with Crippen LogP contribution in [-0.2, 0) is 22.7 Å². The van der Waals surface area contributed by atoms with Gasteiger partial charge in [0.1, 0.15) is 14.1 Å². The van der Waals surface area contributed by atoms with Gasteiger partial charge in [-0.05, 0) is 261 Å². The van der Waals surface area contributed by atoms with Crippen LogP contribution >= 0.6 is 203 Å². The second-order valence-electron chi connectivity index (χ2n) is 19.1. The molecule has 398 valence electrons. The molecule has 0 spiro atoms. The number of anilines is 1. The Bertz CT molecular complexity index is 3160. The number of allylic oxidation sites excluding steroid dienone is 13. The van der Waals surface area contributed by atoms with E-state index in [1.165, 1.54) is 94.1 Å². The molecule has 0 fully saturated rings. The molecule has 5 aromatic carbocycles. The Morgan fingerprint density at radius 2 is 0.933 bits per heavy atom. The fourth-order valence-electron chi connectivity index (χ4n) is 9.34. The summed E-state index contributed by atoms with van der Waals surface area (Å²) >= 11 is 22.2. The molecule has 0 aromatic heterocycles. The third-order valence-electron chi connectivity index (χ3n) is 13.5. The van der Waals surface area contributed by atoms with Crippen molar-refractivity contribution >= 4 is 238 Å². The second kappa shape index (κ2) is 31.6. The number of fused-ring (bicyclic) bond motifs is 3. The van der Waals surface area contributed by atoms with Gasteiger partial charge in [-0.1, -0.05) is 141 Å². The summed E-state index contributed by atoms with van der Waals surface area (Å²) in [6.45, 7) is 16.2. The third kappa shape index (κ3) is 16.6. The van der Waals surface area contributed by atoms with E-state index in [0.29, 0.717) is 0 Å². The van der Waals surface area contributed by atoms with Crippen molar-refractivity contribution in [3.8, 4) is 0 Å². The minimum Gasteiger partial charge on any atom is -1.00 e. The van der Waals surface area contributed by atoms with Gasteiger partial charge in [0.2, 0.25) is 11.4 Å². The first-order valence-electron chi connectivity index (χ1n) is 23.2.